The van der Waals surface area contributed by atoms with Crippen LogP contribution >= 0.6 is 0 Å². The summed E-state index contributed by atoms with van der Waals surface area (Å²) >= 11 is 0. The highest BCUT2D eigenvalue weighted by molar-refractivity contribution is 4.72. The highest BCUT2D eigenvalue weighted by atomic mass is 16.3. The summed E-state index contributed by atoms with van der Waals surface area (Å²) in [5, 5.41) is 9.48. The third kappa shape index (κ3) is 3.76. The Kier molecular flexibility index (Phi) is 2.94. The van der Waals surface area contributed by atoms with Gasteiger partial charge in [-0.2, -0.15) is 0 Å². The Morgan fingerprint density at radius 3 is 2.27 bits per heavy atom. The smallest absolute Gasteiger partial charge is 0.0591 e. The standard InChI is InChI=1S/C10H20O/c1-10(2,11)8-7-9-5-3-4-6-9/h9,11H,3-8H2,1-2H3. The van der Waals surface area contributed by atoms with E-state index >= 15 is 0 Å². The minimum atomic E-state index is -0.442. The molecule has 11 heavy (non-hydrogen) atoms. The lowest BCUT2D eigenvalue weighted by molar-refractivity contribution is 0.0638. The molecule has 1 nitrogen and oxygen atoms in total. The molecule has 1 fully saturated rings. The van der Waals surface area contributed by atoms with Gasteiger partial charge in [0.1, 0.15) is 0 Å². The lowest BCUT2D eigenvalue weighted by atomic mass is 9.94. The molecule has 1 aliphatic carbocycles. The van der Waals surface area contributed by atoms with Crippen LogP contribution in [-0.2, 0) is 0 Å². The van der Waals surface area contributed by atoms with Gasteiger partial charge in [-0.3, -0.25) is 0 Å². The Balaban J connectivity index is 2.11. The molecule has 0 aromatic heterocycles. The van der Waals surface area contributed by atoms with E-state index in [4.69, 9.17) is 0 Å². The van der Waals surface area contributed by atoms with Gasteiger partial charge in [0.15, 0.2) is 0 Å². The Morgan fingerprint density at radius 1 is 1.27 bits per heavy atom. The Labute approximate surface area is 69.8 Å². The zero-order chi connectivity index (χ0) is 8.32. The van der Waals surface area contributed by atoms with Crippen LogP contribution in [0.3, 0.4) is 0 Å². The average Bonchev–Trinajstić information content (AvgIpc) is 2.32. The first-order valence-electron chi connectivity index (χ1n) is 4.80. The molecule has 1 heteroatoms. The summed E-state index contributed by atoms with van der Waals surface area (Å²) in [5.74, 6) is 0.918. The molecule has 0 amide bonds. The van der Waals surface area contributed by atoms with Crippen molar-refractivity contribution in [1.29, 1.82) is 0 Å². The maximum Gasteiger partial charge on any atom is 0.0591 e. The van der Waals surface area contributed by atoms with Crippen LogP contribution in [0.5, 0.6) is 0 Å². The van der Waals surface area contributed by atoms with Crippen molar-refractivity contribution >= 4 is 0 Å². The van der Waals surface area contributed by atoms with Crippen LogP contribution in [0.25, 0.3) is 0 Å². The molecular formula is C10H20O. The lowest BCUT2D eigenvalue weighted by Crippen LogP contribution is -2.19. The molecular weight excluding hydrogens is 136 g/mol. The SMILES string of the molecule is CC(C)(O)CCC1CCCC1. The van der Waals surface area contributed by atoms with Gasteiger partial charge >= 0.3 is 0 Å². The average molecular weight is 156 g/mol. The molecule has 1 aliphatic rings. The fraction of sp³-hybridized carbons (Fsp3) is 1.00. The van der Waals surface area contributed by atoms with Crippen molar-refractivity contribution in [3.05, 3.63) is 0 Å². The predicted octanol–water partition coefficient (Wildman–Crippen LogP) is 2.73. The van der Waals surface area contributed by atoms with Gasteiger partial charge in [0.2, 0.25) is 0 Å². The van der Waals surface area contributed by atoms with Gasteiger partial charge in [0, 0.05) is 0 Å². The van der Waals surface area contributed by atoms with Crippen molar-refractivity contribution in [2.75, 3.05) is 0 Å². The third-order valence-corrected chi connectivity index (χ3v) is 2.64. The fourth-order valence-corrected chi connectivity index (χ4v) is 1.86. The van der Waals surface area contributed by atoms with Crippen molar-refractivity contribution in [2.24, 2.45) is 5.92 Å². The molecule has 0 bridgehead atoms. The van der Waals surface area contributed by atoms with Crippen LogP contribution in [0, 0.1) is 5.92 Å². The topological polar surface area (TPSA) is 20.2 Å². The Hall–Kier alpha value is -0.0400. The maximum absolute atomic E-state index is 9.48. The van der Waals surface area contributed by atoms with Gasteiger partial charge in [0.25, 0.3) is 0 Å². The first-order valence-corrected chi connectivity index (χ1v) is 4.80. The second kappa shape index (κ2) is 3.57. The molecule has 0 aromatic rings. The van der Waals surface area contributed by atoms with Crippen LogP contribution < -0.4 is 0 Å². The van der Waals surface area contributed by atoms with Gasteiger partial charge in [-0.05, 0) is 32.6 Å². The predicted molar refractivity (Wildman–Crippen MR) is 47.5 cm³/mol. The summed E-state index contributed by atoms with van der Waals surface area (Å²) in [7, 11) is 0. The molecule has 1 rings (SSSR count). The van der Waals surface area contributed by atoms with Crippen LogP contribution in [-0.4, -0.2) is 10.7 Å². The quantitative estimate of drug-likeness (QED) is 0.666. The molecule has 0 spiro atoms. The highest BCUT2D eigenvalue weighted by Crippen LogP contribution is 2.30. The summed E-state index contributed by atoms with van der Waals surface area (Å²) in [5.41, 5.74) is -0.442. The summed E-state index contributed by atoms with van der Waals surface area (Å²) < 4.78 is 0. The van der Waals surface area contributed by atoms with E-state index < -0.39 is 5.60 Å². The lowest BCUT2D eigenvalue weighted by Gasteiger charge is -2.19. The molecule has 1 N–H and O–H groups in total. The van der Waals surface area contributed by atoms with Gasteiger partial charge in [-0.15, -0.1) is 0 Å². The molecule has 0 aliphatic heterocycles. The van der Waals surface area contributed by atoms with Gasteiger partial charge in [0.05, 0.1) is 5.60 Å². The van der Waals surface area contributed by atoms with E-state index in [9.17, 15) is 5.11 Å². The molecule has 66 valence electrons. The summed E-state index contributed by atoms with van der Waals surface area (Å²) in [6.07, 6.45) is 7.82. The molecule has 0 saturated heterocycles. The largest absolute Gasteiger partial charge is 0.390 e. The minimum Gasteiger partial charge on any atom is -0.390 e. The number of hydrogen-bond donors (Lipinski definition) is 1. The van der Waals surface area contributed by atoms with Gasteiger partial charge < -0.3 is 5.11 Å². The fourth-order valence-electron chi connectivity index (χ4n) is 1.86. The van der Waals surface area contributed by atoms with E-state index in [2.05, 4.69) is 0 Å². The molecule has 0 radical (unpaired) electrons. The minimum absolute atomic E-state index is 0.442. The molecule has 0 atom stereocenters. The monoisotopic (exact) mass is 156 g/mol. The van der Waals surface area contributed by atoms with Crippen molar-refractivity contribution in [3.8, 4) is 0 Å². The van der Waals surface area contributed by atoms with Crippen molar-refractivity contribution in [3.63, 3.8) is 0 Å². The summed E-state index contributed by atoms with van der Waals surface area (Å²) in [6.45, 7) is 3.81. The van der Waals surface area contributed by atoms with Crippen LogP contribution in [0.1, 0.15) is 52.4 Å². The van der Waals surface area contributed by atoms with E-state index in [0.717, 1.165) is 12.3 Å². The van der Waals surface area contributed by atoms with Crippen LogP contribution in [0.4, 0.5) is 0 Å². The number of aliphatic hydroxyl groups is 1. The van der Waals surface area contributed by atoms with Gasteiger partial charge in [-0.1, -0.05) is 25.7 Å². The Morgan fingerprint density at radius 2 is 1.82 bits per heavy atom. The van der Waals surface area contributed by atoms with E-state index in [1.54, 1.807) is 0 Å². The second-order valence-corrected chi connectivity index (χ2v) is 4.50. The van der Waals surface area contributed by atoms with Crippen LogP contribution in [0.15, 0.2) is 0 Å². The second-order valence-electron chi connectivity index (χ2n) is 4.50. The third-order valence-electron chi connectivity index (χ3n) is 2.64. The zero-order valence-corrected chi connectivity index (χ0v) is 7.77. The van der Waals surface area contributed by atoms with E-state index in [1.807, 2.05) is 13.8 Å². The highest BCUT2D eigenvalue weighted by Gasteiger charge is 2.19. The van der Waals surface area contributed by atoms with E-state index in [-0.39, 0.29) is 0 Å². The molecule has 1 saturated carbocycles. The summed E-state index contributed by atoms with van der Waals surface area (Å²) in [4.78, 5) is 0. The normalized spacial score (nSPS) is 21.0. The van der Waals surface area contributed by atoms with Gasteiger partial charge in [-0.25, -0.2) is 0 Å². The molecule has 0 aromatic carbocycles. The first kappa shape index (κ1) is 9.05. The van der Waals surface area contributed by atoms with Crippen LogP contribution in [0.2, 0.25) is 0 Å². The Bertz CT molecular complexity index is 107. The summed E-state index contributed by atoms with van der Waals surface area (Å²) in [6, 6.07) is 0. The molecule has 0 heterocycles. The first-order chi connectivity index (χ1) is 5.08. The van der Waals surface area contributed by atoms with E-state index in [1.165, 1.54) is 32.1 Å². The zero-order valence-electron chi connectivity index (χ0n) is 7.77. The van der Waals surface area contributed by atoms with Crippen molar-refractivity contribution in [2.45, 2.75) is 58.0 Å². The number of rotatable bonds is 3. The van der Waals surface area contributed by atoms with Crippen molar-refractivity contribution < 1.29 is 5.11 Å². The molecule has 0 unspecified atom stereocenters. The number of hydrogen-bond acceptors (Lipinski definition) is 1. The van der Waals surface area contributed by atoms with E-state index in [0.29, 0.717) is 0 Å². The van der Waals surface area contributed by atoms with Crippen molar-refractivity contribution in [1.82, 2.24) is 0 Å². The maximum atomic E-state index is 9.48.